The predicted molar refractivity (Wildman–Crippen MR) is 99.3 cm³/mol. The van der Waals surface area contributed by atoms with E-state index in [9.17, 15) is 0 Å². The molecule has 0 radical (unpaired) electrons. The van der Waals surface area contributed by atoms with E-state index >= 15 is 0 Å². The van der Waals surface area contributed by atoms with Gasteiger partial charge in [-0.3, -0.25) is 4.98 Å². The molecule has 0 unspecified atom stereocenters. The van der Waals surface area contributed by atoms with Crippen LogP contribution in [-0.4, -0.2) is 11.5 Å². The molecule has 1 heterocycles. The van der Waals surface area contributed by atoms with Gasteiger partial charge in [0, 0.05) is 24.9 Å². The van der Waals surface area contributed by atoms with E-state index in [-0.39, 0.29) is 12.4 Å². The normalized spacial score (nSPS) is 10.1. The lowest BCUT2D eigenvalue weighted by atomic mass is 9.88. The highest BCUT2D eigenvalue weighted by Gasteiger charge is 2.13. The summed E-state index contributed by atoms with van der Waals surface area (Å²) in [7, 11) is 0. The molecule has 0 saturated heterocycles. The van der Waals surface area contributed by atoms with E-state index in [1.165, 1.54) is 11.1 Å². The van der Waals surface area contributed by atoms with E-state index in [0.29, 0.717) is 5.92 Å². The minimum Gasteiger partial charge on any atom is -0.384 e. The first-order valence-corrected chi connectivity index (χ1v) is 7.67. The lowest BCUT2D eigenvalue weighted by Crippen LogP contribution is -2.09. The molecule has 2 aromatic carbocycles. The summed E-state index contributed by atoms with van der Waals surface area (Å²) in [6.07, 6.45) is 4.70. The van der Waals surface area contributed by atoms with Gasteiger partial charge in [-0.1, -0.05) is 60.7 Å². The molecule has 0 aliphatic carbocycles. The average molecular weight is 325 g/mol. The zero-order chi connectivity index (χ0) is 15.0. The number of nitrogens with zero attached hydrogens (tertiary/aromatic N) is 1. The Kier molecular flexibility index (Phi) is 6.64. The summed E-state index contributed by atoms with van der Waals surface area (Å²) in [4.78, 5) is 4.14. The van der Waals surface area contributed by atoms with Gasteiger partial charge in [0.2, 0.25) is 0 Å². The Morgan fingerprint density at radius 1 is 0.783 bits per heavy atom. The van der Waals surface area contributed by atoms with Crippen molar-refractivity contribution in [3.8, 4) is 0 Å². The molecule has 1 aromatic heterocycles. The molecule has 0 saturated carbocycles. The second-order valence-corrected chi connectivity index (χ2v) is 5.33. The fourth-order valence-corrected chi connectivity index (χ4v) is 2.72. The molecule has 0 aliphatic heterocycles. The number of aromatic nitrogens is 1. The number of benzene rings is 2. The van der Waals surface area contributed by atoms with Gasteiger partial charge in [0.05, 0.1) is 5.69 Å². The van der Waals surface area contributed by atoms with Gasteiger partial charge in [-0.05, 0) is 29.7 Å². The summed E-state index contributed by atoms with van der Waals surface area (Å²) >= 11 is 0. The third-order valence-corrected chi connectivity index (χ3v) is 3.83. The Bertz CT molecular complexity index is 632. The number of nitrogens with one attached hydrogen (secondary N) is 1. The van der Waals surface area contributed by atoms with Crippen LogP contribution in [0.5, 0.6) is 0 Å². The van der Waals surface area contributed by atoms with Gasteiger partial charge in [0.15, 0.2) is 0 Å². The van der Waals surface area contributed by atoms with Gasteiger partial charge in [-0.15, -0.1) is 12.4 Å². The van der Waals surface area contributed by atoms with Crippen LogP contribution < -0.4 is 5.32 Å². The largest absolute Gasteiger partial charge is 0.384 e. The van der Waals surface area contributed by atoms with Crippen LogP contribution in [0, 0.1) is 0 Å². The molecule has 0 amide bonds. The van der Waals surface area contributed by atoms with Crippen molar-refractivity contribution in [2.24, 2.45) is 0 Å². The smallest absolute Gasteiger partial charge is 0.0526 e. The standard InChI is InChI=1S/C20H20N2.ClH/c1-3-8-17(9-4-1)20(18-10-5-2-6-11-18)13-15-22-19-12-7-14-21-16-19;/h1-12,14,16,20,22H,13,15H2;1H. The third-order valence-electron chi connectivity index (χ3n) is 3.83. The van der Waals surface area contributed by atoms with Crippen LogP contribution in [0.2, 0.25) is 0 Å². The van der Waals surface area contributed by atoms with Crippen LogP contribution in [0.25, 0.3) is 0 Å². The van der Waals surface area contributed by atoms with Crippen molar-refractivity contribution < 1.29 is 0 Å². The molecular weight excluding hydrogens is 304 g/mol. The summed E-state index contributed by atoms with van der Waals surface area (Å²) in [5.41, 5.74) is 3.80. The van der Waals surface area contributed by atoms with Crippen molar-refractivity contribution >= 4 is 18.1 Å². The van der Waals surface area contributed by atoms with Gasteiger partial charge in [-0.25, -0.2) is 0 Å². The number of hydrogen-bond donors (Lipinski definition) is 1. The first-order valence-electron chi connectivity index (χ1n) is 7.67. The van der Waals surface area contributed by atoms with Crippen molar-refractivity contribution in [3.63, 3.8) is 0 Å². The summed E-state index contributed by atoms with van der Waals surface area (Å²) in [6, 6.07) is 25.4. The van der Waals surface area contributed by atoms with Crippen LogP contribution in [0.4, 0.5) is 5.69 Å². The summed E-state index contributed by atoms with van der Waals surface area (Å²) in [5, 5.41) is 3.45. The Morgan fingerprint density at radius 2 is 1.39 bits per heavy atom. The van der Waals surface area contributed by atoms with Crippen molar-refractivity contribution in [1.82, 2.24) is 4.98 Å². The van der Waals surface area contributed by atoms with Crippen molar-refractivity contribution in [1.29, 1.82) is 0 Å². The molecular formula is C20H21ClN2. The lowest BCUT2D eigenvalue weighted by molar-refractivity contribution is 0.744. The van der Waals surface area contributed by atoms with E-state index in [1.807, 2.05) is 18.3 Å². The third kappa shape index (κ3) is 4.83. The molecule has 2 nitrogen and oxygen atoms in total. The zero-order valence-electron chi connectivity index (χ0n) is 12.9. The van der Waals surface area contributed by atoms with E-state index in [2.05, 4.69) is 71.0 Å². The molecule has 23 heavy (non-hydrogen) atoms. The van der Waals surface area contributed by atoms with Crippen LogP contribution in [-0.2, 0) is 0 Å². The van der Waals surface area contributed by atoms with Gasteiger partial charge in [0.1, 0.15) is 0 Å². The lowest BCUT2D eigenvalue weighted by Gasteiger charge is -2.18. The number of rotatable bonds is 6. The number of anilines is 1. The molecule has 118 valence electrons. The number of hydrogen-bond acceptors (Lipinski definition) is 2. The van der Waals surface area contributed by atoms with E-state index < -0.39 is 0 Å². The highest BCUT2D eigenvalue weighted by atomic mass is 35.5. The number of halogens is 1. The van der Waals surface area contributed by atoms with Gasteiger partial charge in [-0.2, -0.15) is 0 Å². The fraction of sp³-hybridized carbons (Fsp3) is 0.150. The van der Waals surface area contributed by atoms with Crippen molar-refractivity contribution in [2.45, 2.75) is 12.3 Å². The SMILES string of the molecule is Cl.c1ccc(C(CCNc2cccnc2)c2ccccc2)cc1. The first kappa shape index (κ1) is 17.0. The van der Waals surface area contributed by atoms with Crippen LogP contribution in [0.15, 0.2) is 85.2 Å². The van der Waals surface area contributed by atoms with Crippen LogP contribution in [0.1, 0.15) is 23.5 Å². The summed E-state index contributed by atoms with van der Waals surface area (Å²) in [6.45, 7) is 0.917. The first-order chi connectivity index (χ1) is 10.9. The summed E-state index contributed by atoms with van der Waals surface area (Å²) in [5.74, 6) is 0.409. The highest BCUT2D eigenvalue weighted by Crippen LogP contribution is 2.27. The molecule has 3 aromatic rings. The maximum atomic E-state index is 4.14. The molecule has 0 atom stereocenters. The van der Waals surface area contributed by atoms with Gasteiger partial charge < -0.3 is 5.32 Å². The predicted octanol–water partition coefficient (Wildman–Crippen LogP) is 5.14. The second-order valence-electron chi connectivity index (χ2n) is 5.33. The topological polar surface area (TPSA) is 24.9 Å². The van der Waals surface area contributed by atoms with Crippen molar-refractivity contribution in [3.05, 3.63) is 96.3 Å². The molecule has 0 spiro atoms. The van der Waals surface area contributed by atoms with Crippen molar-refractivity contribution in [2.75, 3.05) is 11.9 Å². The maximum absolute atomic E-state index is 4.14. The molecule has 3 rings (SSSR count). The zero-order valence-corrected chi connectivity index (χ0v) is 13.7. The molecule has 3 heteroatoms. The van der Waals surface area contributed by atoms with Crippen LogP contribution in [0.3, 0.4) is 0 Å². The molecule has 0 fully saturated rings. The fourth-order valence-electron chi connectivity index (χ4n) is 2.72. The second kappa shape index (κ2) is 8.96. The Balaban J connectivity index is 0.00000192. The highest BCUT2D eigenvalue weighted by molar-refractivity contribution is 5.85. The molecule has 0 aliphatic rings. The van der Waals surface area contributed by atoms with Crippen LogP contribution >= 0.6 is 12.4 Å². The van der Waals surface area contributed by atoms with E-state index in [4.69, 9.17) is 0 Å². The minimum absolute atomic E-state index is 0. The minimum atomic E-state index is 0. The molecule has 1 N–H and O–H groups in total. The summed E-state index contributed by atoms with van der Waals surface area (Å²) < 4.78 is 0. The Hall–Kier alpha value is -2.32. The van der Waals surface area contributed by atoms with E-state index in [1.54, 1.807) is 6.20 Å². The quantitative estimate of drug-likeness (QED) is 0.679. The monoisotopic (exact) mass is 324 g/mol. The molecule has 0 bridgehead atoms. The van der Waals surface area contributed by atoms with Gasteiger partial charge >= 0.3 is 0 Å². The van der Waals surface area contributed by atoms with Gasteiger partial charge in [0.25, 0.3) is 0 Å². The number of pyridine rings is 1. The average Bonchev–Trinajstić information content (AvgIpc) is 2.61. The Labute approximate surface area is 144 Å². The Morgan fingerprint density at radius 3 is 1.91 bits per heavy atom. The maximum Gasteiger partial charge on any atom is 0.0526 e. The van der Waals surface area contributed by atoms with E-state index in [0.717, 1.165) is 18.7 Å².